The van der Waals surface area contributed by atoms with Crippen LogP contribution in [-0.4, -0.2) is 26.6 Å². The fraction of sp³-hybridized carbons (Fsp3) is 0.273. The Morgan fingerprint density at radius 2 is 1.59 bits per heavy atom. The van der Waals surface area contributed by atoms with Crippen LogP contribution >= 0.6 is 0 Å². The van der Waals surface area contributed by atoms with Crippen LogP contribution in [0, 0.1) is 30.3 Å². The molecule has 116 valence electrons. The standard InChI is InChI=1S/C10H9NO3.CN2O5/c12-10-6-2-3-7-8(10)4-1-5-9(7)11(13)14;4-1(2(5)6)3(7)8/h1,4-5H,2-3,6H2;. The highest BCUT2D eigenvalue weighted by atomic mass is 16.7. The number of hydrogen-bond donors (Lipinski definition) is 0. The molecule has 0 saturated carbocycles. The molecule has 0 fully saturated rings. The minimum absolute atomic E-state index is 0.0231. The molecule has 1 aliphatic rings. The van der Waals surface area contributed by atoms with E-state index in [0.29, 0.717) is 24.0 Å². The number of carbonyl (C=O) groups excluding carboxylic acids is 2. The Bertz CT molecular complexity index is 639. The summed E-state index contributed by atoms with van der Waals surface area (Å²) in [6.45, 7) is 0. The number of benzene rings is 1. The number of fused-ring (bicyclic) bond motifs is 1. The largest absolute Gasteiger partial charge is 0.789 e. The summed E-state index contributed by atoms with van der Waals surface area (Å²) in [5, 5.41) is 29.0. The molecule has 0 atom stereocenters. The van der Waals surface area contributed by atoms with E-state index in [4.69, 9.17) is 20.2 Å². The van der Waals surface area contributed by atoms with E-state index in [2.05, 4.69) is 0 Å². The van der Waals surface area contributed by atoms with Crippen molar-refractivity contribution in [2.75, 3.05) is 0 Å². The third-order valence-corrected chi connectivity index (χ3v) is 2.79. The first-order chi connectivity index (χ1) is 10.3. The van der Waals surface area contributed by atoms with Crippen molar-refractivity contribution >= 4 is 17.5 Å². The smallest absolute Gasteiger partial charge is 0.294 e. The van der Waals surface area contributed by atoms with E-state index < -0.39 is 20.8 Å². The van der Waals surface area contributed by atoms with Gasteiger partial charge in [0.15, 0.2) is 15.6 Å². The molecule has 0 radical (unpaired) electrons. The van der Waals surface area contributed by atoms with E-state index >= 15 is 0 Å². The zero-order chi connectivity index (χ0) is 16.9. The molecule has 0 bridgehead atoms. The zero-order valence-corrected chi connectivity index (χ0v) is 11.0. The molecular weight excluding hydrogens is 302 g/mol. The predicted molar refractivity (Wildman–Crippen MR) is 69.7 cm³/mol. The molecule has 1 aromatic rings. The van der Waals surface area contributed by atoms with Crippen molar-refractivity contribution in [3.63, 3.8) is 0 Å². The Kier molecular flexibility index (Phi) is 5.32. The summed E-state index contributed by atoms with van der Waals surface area (Å²) >= 11 is 0. The van der Waals surface area contributed by atoms with Crippen LogP contribution in [0.25, 0.3) is 0 Å². The molecule has 1 aromatic carbocycles. The van der Waals surface area contributed by atoms with Gasteiger partial charge < -0.3 is 0 Å². The van der Waals surface area contributed by atoms with Crippen molar-refractivity contribution < 1.29 is 24.4 Å². The Morgan fingerprint density at radius 1 is 1.00 bits per heavy atom. The van der Waals surface area contributed by atoms with Crippen LogP contribution in [0.15, 0.2) is 18.2 Å². The summed E-state index contributed by atoms with van der Waals surface area (Å²) in [7, 11) is 0. The molecule has 1 aliphatic carbocycles. The van der Waals surface area contributed by atoms with Crippen molar-refractivity contribution in [2.45, 2.75) is 19.3 Å². The van der Waals surface area contributed by atoms with Gasteiger partial charge in [-0.25, -0.2) is 0 Å². The molecular formula is C11H9N3O8. The molecule has 0 aromatic heterocycles. The number of urea groups is 1. The summed E-state index contributed by atoms with van der Waals surface area (Å²) < 4.78 is 0. The van der Waals surface area contributed by atoms with Crippen LogP contribution < -0.4 is 0 Å². The number of hydrogen-bond acceptors (Lipinski definition) is 8. The Labute approximate surface area is 122 Å². The molecule has 2 amide bonds. The summed E-state index contributed by atoms with van der Waals surface area (Å²) in [6.07, 6.45) is 1.86. The van der Waals surface area contributed by atoms with E-state index in [-0.39, 0.29) is 11.5 Å². The molecule has 11 nitrogen and oxygen atoms in total. The lowest BCUT2D eigenvalue weighted by Gasteiger charge is -2.13. The maximum atomic E-state index is 11.4. The minimum atomic E-state index is -2.20. The van der Waals surface area contributed by atoms with Crippen molar-refractivity contribution in [1.82, 2.24) is 0 Å². The monoisotopic (exact) mass is 311 g/mol. The van der Waals surface area contributed by atoms with Crippen molar-refractivity contribution in [3.8, 4) is 0 Å². The number of nitro benzene ring substituents is 1. The molecule has 2 rings (SSSR count). The summed E-state index contributed by atoms with van der Waals surface area (Å²) in [5.74, 6) is 0.0231. The molecule has 0 aliphatic heterocycles. The van der Waals surface area contributed by atoms with Gasteiger partial charge in [-0.1, -0.05) is 12.1 Å². The second kappa shape index (κ2) is 6.97. The normalized spacial score (nSPS) is 12.5. The number of carbonyl (C=O) groups is 2. The summed E-state index contributed by atoms with van der Waals surface area (Å²) in [6, 6.07) is 2.49. The van der Waals surface area contributed by atoms with Crippen molar-refractivity contribution in [3.05, 3.63) is 59.7 Å². The second-order valence-electron chi connectivity index (χ2n) is 4.13. The lowest BCUT2D eigenvalue weighted by Crippen LogP contribution is -2.18. The van der Waals surface area contributed by atoms with Gasteiger partial charge in [-0.05, 0) is 12.8 Å². The lowest BCUT2D eigenvalue weighted by molar-refractivity contribution is -0.525. The van der Waals surface area contributed by atoms with E-state index in [0.717, 1.165) is 6.42 Å². The van der Waals surface area contributed by atoms with Crippen LogP contribution in [0.2, 0.25) is 0 Å². The quantitative estimate of drug-likeness (QED) is 0.559. The number of rotatable bonds is 1. The first-order valence-corrected chi connectivity index (χ1v) is 5.88. The van der Waals surface area contributed by atoms with Gasteiger partial charge in [0.2, 0.25) is 0 Å². The van der Waals surface area contributed by atoms with E-state index in [9.17, 15) is 19.7 Å². The van der Waals surface area contributed by atoms with Gasteiger partial charge in [-0.3, -0.25) is 35.1 Å². The van der Waals surface area contributed by atoms with Crippen LogP contribution in [0.4, 0.5) is 10.5 Å². The third kappa shape index (κ3) is 3.88. The van der Waals surface area contributed by atoms with E-state index in [1.54, 1.807) is 12.1 Å². The van der Waals surface area contributed by atoms with Gasteiger partial charge in [-0.15, -0.1) is 4.79 Å². The average molecular weight is 311 g/mol. The van der Waals surface area contributed by atoms with Gasteiger partial charge in [0.1, 0.15) is 0 Å². The van der Waals surface area contributed by atoms with Crippen molar-refractivity contribution in [1.29, 1.82) is 0 Å². The molecule has 0 heterocycles. The molecule has 11 heteroatoms. The van der Waals surface area contributed by atoms with Crippen LogP contribution in [0.1, 0.15) is 28.8 Å². The fourth-order valence-electron chi connectivity index (χ4n) is 1.90. The van der Waals surface area contributed by atoms with E-state index in [1.807, 2.05) is 0 Å². The molecule has 22 heavy (non-hydrogen) atoms. The maximum absolute atomic E-state index is 11.4. The number of nitrogens with zero attached hydrogens (tertiary/aromatic N) is 3. The lowest BCUT2D eigenvalue weighted by atomic mass is 9.89. The van der Waals surface area contributed by atoms with Crippen LogP contribution in [0.5, 0.6) is 0 Å². The topological polar surface area (TPSA) is 164 Å². The van der Waals surface area contributed by atoms with E-state index in [1.165, 1.54) is 6.07 Å². The Morgan fingerprint density at radius 3 is 2.05 bits per heavy atom. The first-order valence-electron chi connectivity index (χ1n) is 5.88. The number of ketones is 1. The highest BCUT2D eigenvalue weighted by molar-refractivity contribution is 5.99. The fourth-order valence-corrected chi connectivity index (χ4v) is 1.90. The van der Waals surface area contributed by atoms with Gasteiger partial charge in [0, 0.05) is 23.6 Å². The van der Waals surface area contributed by atoms with Gasteiger partial charge in [0.05, 0.1) is 4.92 Å². The average Bonchev–Trinajstić information content (AvgIpc) is 2.46. The molecule has 0 N–H and O–H groups in total. The summed E-state index contributed by atoms with van der Waals surface area (Å²) in [5.41, 5.74) is 1.22. The van der Waals surface area contributed by atoms with Crippen molar-refractivity contribution in [2.24, 2.45) is 0 Å². The Balaban J connectivity index is 0.000000261. The Hall–Kier alpha value is -3.24. The molecule has 0 spiro atoms. The highest BCUT2D eigenvalue weighted by Gasteiger charge is 2.30. The highest BCUT2D eigenvalue weighted by Crippen LogP contribution is 2.28. The number of Topliss-reactive ketones (excluding diaryl/α,β-unsaturated/α-hetero) is 1. The number of nitro groups is 3. The zero-order valence-electron chi connectivity index (χ0n) is 11.0. The second-order valence-corrected chi connectivity index (χ2v) is 4.13. The molecule has 0 saturated heterocycles. The minimum Gasteiger partial charge on any atom is -0.294 e. The molecule has 0 unspecified atom stereocenters. The van der Waals surface area contributed by atoms with Gasteiger partial charge in [-0.2, -0.15) is 0 Å². The van der Waals surface area contributed by atoms with Gasteiger partial charge >= 0.3 is 6.03 Å². The first kappa shape index (κ1) is 16.8. The van der Waals surface area contributed by atoms with Crippen LogP contribution in [-0.2, 0) is 6.42 Å². The predicted octanol–water partition coefficient (Wildman–Crippen LogP) is 1.77. The maximum Gasteiger partial charge on any atom is 0.789 e. The third-order valence-electron chi connectivity index (χ3n) is 2.79. The summed E-state index contributed by atoms with van der Waals surface area (Å²) in [4.78, 5) is 46.3. The van der Waals surface area contributed by atoms with Crippen LogP contribution in [0.3, 0.4) is 0 Å². The van der Waals surface area contributed by atoms with Gasteiger partial charge in [0.25, 0.3) is 5.69 Å². The number of amides is 2. The SMILES string of the molecule is O=C([N+](=O)[O-])[N+](=O)[O-].O=C1CCCc2c1cccc2[N+](=O)[O-].